The SMILES string of the molecule is O=C(Nc1c(Cl)ncnc1Cl)C1CCCCS1. The Bertz CT molecular complexity index is 404. The van der Waals surface area contributed by atoms with E-state index in [1.165, 1.54) is 12.7 Å². The Morgan fingerprint density at radius 1 is 1.35 bits per heavy atom. The minimum Gasteiger partial charge on any atom is -0.320 e. The molecule has 1 fully saturated rings. The van der Waals surface area contributed by atoms with Crippen molar-refractivity contribution in [2.75, 3.05) is 11.1 Å². The summed E-state index contributed by atoms with van der Waals surface area (Å²) >= 11 is 13.4. The summed E-state index contributed by atoms with van der Waals surface area (Å²) in [6, 6.07) is 0. The summed E-state index contributed by atoms with van der Waals surface area (Å²) < 4.78 is 0. The fraction of sp³-hybridized carbons (Fsp3) is 0.500. The number of anilines is 1. The fourth-order valence-electron chi connectivity index (χ4n) is 1.60. The van der Waals surface area contributed by atoms with Crippen LogP contribution in [0.4, 0.5) is 5.69 Å². The van der Waals surface area contributed by atoms with Gasteiger partial charge in [0.25, 0.3) is 0 Å². The molecular formula is C10H11Cl2N3OS. The third kappa shape index (κ3) is 3.24. The first-order valence-electron chi connectivity index (χ1n) is 5.27. The lowest BCUT2D eigenvalue weighted by atomic mass is 10.2. The Morgan fingerprint density at radius 3 is 2.65 bits per heavy atom. The van der Waals surface area contributed by atoms with Gasteiger partial charge in [0.05, 0.1) is 5.25 Å². The largest absolute Gasteiger partial charge is 0.320 e. The molecule has 1 aromatic rings. The highest BCUT2D eigenvalue weighted by Gasteiger charge is 2.23. The van der Waals surface area contributed by atoms with Gasteiger partial charge in [0.1, 0.15) is 12.0 Å². The third-order valence-electron chi connectivity index (χ3n) is 2.48. The monoisotopic (exact) mass is 291 g/mol. The fourth-order valence-corrected chi connectivity index (χ4v) is 3.21. The number of hydrogen-bond acceptors (Lipinski definition) is 4. The minimum absolute atomic E-state index is 0.0314. The van der Waals surface area contributed by atoms with Gasteiger partial charge in [-0.2, -0.15) is 0 Å². The van der Waals surface area contributed by atoms with E-state index in [1.807, 2.05) is 0 Å². The zero-order valence-corrected chi connectivity index (χ0v) is 11.3. The molecule has 0 bridgehead atoms. The van der Waals surface area contributed by atoms with Crippen molar-refractivity contribution in [2.24, 2.45) is 0 Å². The van der Waals surface area contributed by atoms with E-state index in [9.17, 15) is 4.79 Å². The summed E-state index contributed by atoms with van der Waals surface area (Å²) in [4.78, 5) is 19.5. The van der Waals surface area contributed by atoms with Gasteiger partial charge in [-0.05, 0) is 18.6 Å². The normalized spacial score (nSPS) is 20.0. The summed E-state index contributed by atoms with van der Waals surface area (Å²) in [6.07, 6.45) is 4.40. The first-order valence-corrected chi connectivity index (χ1v) is 7.07. The van der Waals surface area contributed by atoms with Crippen LogP contribution >= 0.6 is 35.0 Å². The molecule has 1 aliphatic heterocycles. The van der Waals surface area contributed by atoms with Gasteiger partial charge in [0.2, 0.25) is 5.91 Å². The summed E-state index contributed by atoms with van der Waals surface area (Å²) in [5, 5.41) is 3.00. The standard InChI is InChI=1S/C10H11Cl2N3OS/c11-8-7(9(12)14-5-13-8)15-10(16)6-3-1-2-4-17-6/h5-6H,1-4H2,(H,15,16). The van der Waals surface area contributed by atoms with Gasteiger partial charge in [-0.25, -0.2) is 9.97 Å². The number of hydrogen-bond donors (Lipinski definition) is 1. The maximum absolute atomic E-state index is 12.0. The molecule has 0 aliphatic carbocycles. The Labute approximate surface area is 113 Å². The average molecular weight is 292 g/mol. The van der Waals surface area contributed by atoms with Gasteiger partial charge >= 0.3 is 0 Å². The lowest BCUT2D eigenvalue weighted by molar-refractivity contribution is -0.115. The third-order valence-corrected chi connectivity index (χ3v) is 4.42. The predicted molar refractivity (Wildman–Crippen MR) is 70.8 cm³/mol. The first-order chi connectivity index (χ1) is 8.18. The first kappa shape index (κ1) is 12.9. The maximum atomic E-state index is 12.0. The van der Waals surface area contributed by atoms with E-state index in [-0.39, 0.29) is 21.5 Å². The Balaban J connectivity index is 2.07. The molecule has 4 nitrogen and oxygen atoms in total. The van der Waals surface area contributed by atoms with Crippen LogP contribution in [0.2, 0.25) is 10.3 Å². The molecule has 2 rings (SSSR count). The van der Waals surface area contributed by atoms with E-state index in [4.69, 9.17) is 23.2 Å². The van der Waals surface area contributed by atoms with E-state index in [0.717, 1.165) is 18.6 Å². The molecule has 2 heterocycles. The lowest BCUT2D eigenvalue weighted by Crippen LogP contribution is -2.27. The van der Waals surface area contributed by atoms with Crippen LogP contribution < -0.4 is 5.32 Å². The number of amides is 1. The molecule has 0 aromatic carbocycles. The molecule has 1 atom stereocenters. The molecule has 0 radical (unpaired) electrons. The van der Waals surface area contributed by atoms with E-state index in [1.54, 1.807) is 11.8 Å². The Morgan fingerprint density at radius 2 is 2.06 bits per heavy atom. The van der Waals surface area contributed by atoms with E-state index in [0.29, 0.717) is 5.69 Å². The van der Waals surface area contributed by atoms with Crippen LogP contribution in [-0.4, -0.2) is 26.9 Å². The number of thioether (sulfide) groups is 1. The van der Waals surface area contributed by atoms with Crippen LogP contribution in [-0.2, 0) is 4.79 Å². The maximum Gasteiger partial charge on any atom is 0.237 e. The highest BCUT2D eigenvalue weighted by molar-refractivity contribution is 8.00. The van der Waals surface area contributed by atoms with Crippen LogP contribution in [0.3, 0.4) is 0 Å². The molecule has 92 valence electrons. The van der Waals surface area contributed by atoms with Gasteiger partial charge < -0.3 is 5.32 Å². The van der Waals surface area contributed by atoms with Crippen molar-refractivity contribution in [3.8, 4) is 0 Å². The number of carbonyl (C=O) groups excluding carboxylic acids is 1. The van der Waals surface area contributed by atoms with Crippen LogP contribution in [0.5, 0.6) is 0 Å². The smallest absolute Gasteiger partial charge is 0.237 e. The second-order valence-corrected chi connectivity index (χ2v) is 5.70. The Hall–Kier alpha value is -0.520. The second-order valence-electron chi connectivity index (χ2n) is 3.67. The van der Waals surface area contributed by atoms with Crippen molar-refractivity contribution in [3.63, 3.8) is 0 Å². The number of aromatic nitrogens is 2. The lowest BCUT2D eigenvalue weighted by Gasteiger charge is -2.20. The average Bonchev–Trinajstić information content (AvgIpc) is 2.35. The molecule has 1 aliphatic rings. The van der Waals surface area contributed by atoms with E-state index in [2.05, 4.69) is 15.3 Å². The molecule has 0 saturated carbocycles. The van der Waals surface area contributed by atoms with Crippen molar-refractivity contribution in [1.82, 2.24) is 9.97 Å². The van der Waals surface area contributed by atoms with Crippen molar-refractivity contribution < 1.29 is 4.79 Å². The number of nitrogens with one attached hydrogen (secondary N) is 1. The van der Waals surface area contributed by atoms with Crippen LogP contribution in [0.15, 0.2) is 6.33 Å². The highest BCUT2D eigenvalue weighted by atomic mass is 35.5. The topological polar surface area (TPSA) is 54.9 Å². The van der Waals surface area contributed by atoms with Crippen molar-refractivity contribution in [3.05, 3.63) is 16.6 Å². The second kappa shape index (κ2) is 5.89. The van der Waals surface area contributed by atoms with Gasteiger partial charge in [-0.3, -0.25) is 4.79 Å². The van der Waals surface area contributed by atoms with Crippen LogP contribution in [0, 0.1) is 0 Å². The molecule has 1 unspecified atom stereocenters. The predicted octanol–water partition coefficient (Wildman–Crippen LogP) is 3.01. The number of nitrogens with zero attached hydrogens (tertiary/aromatic N) is 2. The number of carbonyl (C=O) groups is 1. The van der Waals surface area contributed by atoms with E-state index < -0.39 is 0 Å². The van der Waals surface area contributed by atoms with Crippen LogP contribution in [0.25, 0.3) is 0 Å². The van der Waals surface area contributed by atoms with E-state index >= 15 is 0 Å². The zero-order chi connectivity index (χ0) is 12.3. The highest BCUT2D eigenvalue weighted by Crippen LogP contribution is 2.29. The van der Waals surface area contributed by atoms with Crippen molar-refractivity contribution >= 4 is 46.6 Å². The van der Waals surface area contributed by atoms with Crippen LogP contribution in [0.1, 0.15) is 19.3 Å². The number of halogens is 2. The minimum atomic E-state index is -0.0756. The van der Waals surface area contributed by atoms with Gasteiger partial charge in [-0.15, -0.1) is 11.8 Å². The Kier molecular flexibility index (Phi) is 4.48. The summed E-state index contributed by atoms with van der Waals surface area (Å²) in [5.41, 5.74) is 0.298. The van der Waals surface area contributed by atoms with Gasteiger partial charge in [0, 0.05) is 0 Å². The summed E-state index contributed by atoms with van der Waals surface area (Å²) in [6.45, 7) is 0. The molecule has 1 saturated heterocycles. The molecule has 1 amide bonds. The molecule has 0 spiro atoms. The zero-order valence-electron chi connectivity index (χ0n) is 8.95. The quantitative estimate of drug-likeness (QED) is 0.851. The molecular weight excluding hydrogens is 281 g/mol. The molecule has 17 heavy (non-hydrogen) atoms. The van der Waals surface area contributed by atoms with Crippen molar-refractivity contribution in [1.29, 1.82) is 0 Å². The van der Waals surface area contributed by atoms with Crippen molar-refractivity contribution in [2.45, 2.75) is 24.5 Å². The summed E-state index contributed by atoms with van der Waals surface area (Å²) in [7, 11) is 0. The molecule has 1 N–H and O–H groups in total. The summed E-state index contributed by atoms with van der Waals surface area (Å²) in [5.74, 6) is 0.943. The number of rotatable bonds is 2. The molecule has 7 heteroatoms. The van der Waals surface area contributed by atoms with Gasteiger partial charge in [0.15, 0.2) is 10.3 Å². The molecule has 1 aromatic heterocycles. The van der Waals surface area contributed by atoms with Gasteiger partial charge in [-0.1, -0.05) is 29.6 Å².